The number of rotatable bonds is 3. The van der Waals surface area contributed by atoms with Gasteiger partial charge in [0.1, 0.15) is 17.1 Å². The number of aromatic nitrogens is 1. The molecule has 1 fully saturated rings. The van der Waals surface area contributed by atoms with Crippen LogP contribution in [0.2, 0.25) is 0 Å². The minimum atomic E-state index is -1.39. The predicted octanol–water partition coefficient (Wildman–Crippen LogP) is 2.74. The van der Waals surface area contributed by atoms with E-state index >= 15 is 4.39 Å². The monoisotopic (exact) mass is 395 g/mol. The molecule has 6 nitrogen and oxygen atoms in total. The second kappa shape index (κ2) is 6.20. The quantitative estimate of drug-likeness (QED) is 0.862. The van der Waals surface area contributed by atoms with E-state index in [2.05, 4.69) is 0 Å². The summed E-state index contributed by atoms with van der Waals surface area (Å²) in [5, 5.41) is 9.12. The maximum Gasteiger partial charge on any atom is 0.342 e. The van der Waals surface area contributed by atoms with E-state index in [4.69, 9.17) is 0 Å². The molecule has 2 aliphatic rings. The van der Waals surface area contributed by atoms with Crippen molar-refractivity contribution in [2.45, 2.75) is 29.8 Å². The number of aromatic carboxylic acids is 1. The Morgan fingerprint density at radius 2 is 2.07 bits per heavy atom. The first-order valence-corrected chi connectivity index (χ1v) is 9.51. The van der Waals surface area contributed by atoms with Gasteiger partial charge < -0.3 is 19.5 Å². The van der Waals surface area contributed by atoms with Crippen LogP contribution in [0.4, 0.5) is 14.5 Å². The minimum absolute atomic E-state index is 0.0176. The molecule has 1 aromatic heterocycles. The number of hydrogen-bond donors (Lipinski definition) is 1. The molecule has 2 aromatic rings. The highest BCUT2D eigenvalue weighted by molar-refractivity contribution is 8.00. The van der Waals surface area contributed by atoms with Gasteiger partial charge in [-0.05, 0) is 33.5 Å². The van der Waals surface area contributed by atoms with Crippen LogP contribution in [0.25, 0.3) is 10.9 Å². The van der Waals surface area contributed by atoms with E-state index in [-0.39, 0.29) is 33.0 Å². The number of pyridine rings is 1. The number of nitrogens with zero attached hydrogens (tertiary/aromatic N) is 3. The number of halogens is 2. The number of likely N-dealkylation sites (N-methyl/N-ethyl adjacent to an activating group) is 1. The minimum Gasteiger partial charge on any atom is -0.477 e. The summed E-state index contributed by atoms with van der Waals surface area (Å²) in [5.41, 5.74) is -1.44. The largest absolute Gasteiger partial charge is 0.477 e. The Balaban J connectivity index is 1.97. The Hall–Kier alpha value is -2.13. The molecular formula is C18H19F2N3O3S. The van der Waals surface area contributed by atoms with Gasteiger partial charge in [-0.3, -0.25) is 4.79 Å². The van der Waals surface area contributed by atoms with Crippen LogP contribution in [-0.2, 0) is 0 Å². The zero-order chi connectivity index (χ0) is 19.6. The molecule has 1 saturated heterocycles. The zero-order valence-corrected chi connectivity index (χ0v) is 15.9. The number of thioether (sulfide) groups is 1. The van der Waals surface area contributed by atoms with Crippen molar-refractivity contribution >= 4 is 34.3 Å². The average Bonchev–Trinajstić information content (AvgIpc) is 3.05. The number of anilines is 1. The number of fused-ring (bicyclic) bond motifs is 3. The van der Waals surface area contributed by atoms with E-state index in [0.29, 0.717) is 13.1 Å². The van der Waals surface area contributed by atoms with Crippen LogP contribution < -0.4 is 10.3 Å². The fourth-order valence-electron chi connectivity index (χ4n) is 3.93. The molecule has 2 aliphatic heterocycles. The van der Waals surface area contributed by atoms with E-state index < -0.39 is 28.6 Å². The molecule has 0 spiro atoms. The first-order chi connectivity index (χ1) is 12.7. The summed E-state index contributed by atoms with van der Waals surface area (Å²) in [6.07, 6.45) is 0.784. The molecular weight excluding hydrogens is 376 g/mol. The summed E-state index contributed by atoms with van der Waals surface area (Å²) >= 11 is 1.19. The van der Waals surface area contributed by atoms with Gasteiger partial charge in [0.25, 0.3) is 0 Å². The molecule has 0 amide bonds. The van der Waals surface area contributed by atoms with Gasteiger partial charge in [0.15, 0.2) is 5.82 Å². The number of carboxylic acids is 1. The fourth-order valence-corrected chi connectivity index (χ4v) is 5.07. The third-order valence-corrected chi connectivity index (χ3v) is 6.56. The Bertz CT molecular complexity index is 1040. The van der Waals surface area contributed by atoms with E-state index in [1.165, 1.54) is 16.3 Å². The van der Waals surface area contributed by atoms with Crippen LogP contribution >= 0.6 is 11.8 Å². The van der Waals surface area contributed by atoms with Gasteiger partial charge in [-0.2, -0.15) is 0 Å². The van der Waals surface area contributed by atoms with Crippen LogP contribution in [0.3, 0.4) is 0 Å². The van der Waals surface area contributed by atoms with Gasteiger partial charge in [-0.15, -0.1) is 0 Å². The molecule has 4 rings (SSSR count). The summed E-state index contributed by atoms with van der Waals surface area (Å²) in [6, 6.07) is 1.17. The SMILES string of the molecule is CC1Sc2c(C(=O)O)c(=O)c3cc(F)c(N4CC[C@@H](N(C)C)C4)c(F)c3n21. The third-order valence-electron chi connectivity index (χ3n) is 5.38. The average molecular weight is 395 g/mol. The molecule has 1 aromatic carbocycles. The van der Waals surface area contributed by atoms with Crippen molar-refractivity contribution in [2.24, 2.45) is 0 Å². The van der Waals surface area contributed by atoms with Gasteiger partial charge in [0.2, 0.25) is 5.43 Å². The van der Waals surface area contributed by atoms with Crippen molar-refractivity contribution in [3.8, 4) is 0 Å². The smallest absolute Gasteiger partial charge is 0.342 e. The van der Waals surface area contributed by atoms with Crippen molar-refractivity contribution in [3.63, 3.8) is 0 Å². The highest BCUT2D eigenvalue weighted by Crippen LogP contribution is 2.47. The molecule has 0 radical (unpaired) electrons. The molecule has 2 atom stereocenters. The molecule has 0 aliphatic carbocycles. The van der Waals surface area contributed by atoms with Crippen molar-refractivity contribution in [2.75, 3.05) is 32.1 Å². The van der Waals surface area contributed by atoms with Crippen LogP contribution in [-0.4, -0.2) is 53.8 Å². The van der Waals surface area contributed by atoms with Gasteiger partial charge in [0, 0.05) is 19.1 Å². The second-order valence-electron chi connectivity index (χ2n) is 7.17. The lowest BCUT2D eigenvalue weighted by Gasteiger charge is -2.33. The highest BCUT2D eigenvalue weighted by Gasteiger charge is 2.36. The summed E-state index contributed by atoms with van der Waals surface area (Å²) < 4.78 is 31.8. The Morgan fingerprint density at radius 3 is 2.63 bits per heavy atom. The lowest BCUT2D eigenvalue weighted by atomic mass is 10.1. The number of carbonyl (C=O) groups is 1. The van der Waals surface area contributed by atoms with Gasteiger partial charge in [-0.25, -0.2) is 13.6 Å². The molecule has 9 heteroatoms. The Morgan fingerprint density at radius 1 is 1.37 bits per heavy atom. The van der Waals surface area contributed by atoms with Crippen molar-refractivity contribution in [1.82, 2.24) is 9.47 Å². The first kappa shape index (κ1) is 18.2. The van der Waals surface area contributed by atoms with Gasteiger partial charge >= 0.3 is 5.97 Å². The van der Waals surface area contributed by atoms with Crippen LogP contribution in [0.15, 0.2) is 15.9 Å². The summed E-state index contributed by atoms with van der Waals surface area (Å²) in [5.74, 6) is -3.02. The lowest BCUT2D eigenvalue weighted by molar-refractivity contribution is 0.0689. The number of hydrogen-bond acceptors (Lipinski definition) is 5. The zero-order valence-electron chi connectivity index (χ0n) is 15.1. The summed E-state index contributed by atoms with van der Waals surface area (Å²) in [7, 11) is 3.85. The Labute approximate surface area is 158 Å². The lowest BCUT2D eigenvalue weighted by Crippen LogP contribution is -2.33. The second-order valence-corrected chi connectivity index (χ2v) is 8.48. The number of benzene rings is 1. The molecule has 144 valence electrons. The molecule has 3 heterocycles. The Kier molecular flexibility index (Phi) is 4.19. The number of carboxylic acid groups (broad SMARTS) is 1. The molecule has 0 saturated carbocycles. The summed E-state index contributed by atoms with van der Waals surface area (Å²) in [4.78, 5) is 27.8. The van der Waals surface area contributed by atoms with Crippen LogP contribution in [0.5, 0.6) is 0 Å². The van der Waals surface area contributed by atoms with Crippen molar-refractivity contribution in [1.29, 1.82) is 0 Å². The first-order valence-electron chi connectivity index (χ1n) is 8.63. The van der Waals surface area contributed by atoms with Crippen LogP contribution in [0, 0.1) is 11.6 Å². The molecule has 1 N–H and O–H groups in total. The van der Waals surface area contributed by atoms with E-state index in [1.54, 1.807) is 11.8 Å². The molecule has 0 bridgehead atoms. The van der Waals surface area contributed by atoms with E-state index in [0.717, 1.165) is 12.5 Å². The highest BCUT2D eigenvalue weighted by atomic mass is 32.2. The van der Waals surface area contributed by atoms with Crippen molar-refractivity contribution < 1.29 is 18.7 Å². The predicted molar refractivity (Wildman–Crippen MR) is 100.0 cm³/mol. The normalized spacial score (nSPS) is 21.6. The van der Waals surface area contributed by atoms with E-state index in [1.807, 2.05) is 19.0 Å². The van der Waals surface area contributed by atoms with Crippen LogP contribution in [0.1, 0.15) is 29.1 Å². The molecule has 27 heavy (non-hydrogen) atoms. The van der Waals surface area contributed by atoms with Gasteiger partial charge in [0.05, 0.1) is 21.3 Å². The van der Waals surface area contributed by atoms with Crippen molar-refractivity contribution in [3.05, 3.63) is 33.5 Å². The summed E-state index contributed by atoms with van der Waals surface area (Å²) in [6.45, 7) is 2.78. The topological polar surface area (TPSA) is 65.8 Å². The van der Waals surface area contributed by atoms with E-state index in [9.17, 15) is 19.1 Å². The molecule has 1 unspecified atom stereocenters. The fraction of sp³-hybridized carbons (Fsp3) is 0.444. The standard InChI is InChI=1S/C18H19F2N3O3S/c1-8-23-14-10(16(24)12(18(25)26)17(23)27-8)6-11(19)15(13(14)20)22-5-4-9(7-22)21(2)3/h6,8-9H,4-5,7H2,1-3H3,(H,25,26)/t8?,9-/m1/s1. The maximum absolute atomic E-state index is 15.5. The van der Waals surface area contributed by atoms with Gasteiger partial charge in [-0.1, -0.05) is 11.8 Å². The maximum atomic E-state index is 15.5. The third kappa shape index (κ3) is 2.55.